The minimum atomic E-state index is -4.49. The third-order valence-electron chi connectivity index (χ3n) is 4.72. The highest BCUT2D eigenvalue weighted by Gasteiger charge is 2.30. The summed E-state index contributed by atoms with van der Waals surface area (Å²) < 4.78 is 51.8. The minimum absolute atomic E-state index is 0.0156. The van der Waals surface area contributed by atoms with Crippen LogP contribution in [0.2, 0.25) is 5.02 Å². The SMILES string of the molecule is O=C(NC(=NC1CCCCC1)Nc1cc(F)cc(Cl)c1)c1ccc(C(F)(F)F)cc1. The number of anilines is 1. The molecule has 0 bridgehead atoms. The van der Waals surface area contributed by atoms with Crippen molar-refractivity contribution in [3.63, 3.8) is 0 Å². The Balaban J connectivity index is 1.80. The van der Waals surface area contributed by atoms with Crippen molar-refractivity contribution in [2.45, 2.75) is 44.3 Å². The second-order valence-electron chi connectivity index (χ2n) is 7.08. The molecule has 160 valence electrons. The van der Waals surface area contributed by atoms with Crippen molar-refractivity contribution in [3.8, 4) is 0 Å². The Morgan fingerprint density at radius 3 is 2.30 bits per heavy atom. The number of carbonyl (C=O) groups is 1. The first-order valence-corrected chi connectivity index (χ1v) is 9.88. The highest BCUT2D eigenvalue weighted by atomic mass is 35.5. The molecule has 1 aliphatic rings. The van der Waals surface area contributed by atoms with Gasteiger partial charge in [-0.2, -0.15) is 13.2 Å². The van der Waals surface area contributed by atoms with Gasteiger partial charge in [0.25, 0.3) is 5.91 Å². The molecule has 2 N–H and O–H groups in total. The molecule has 2 aromatic carbocycles. The van der Waals surface area contributed by atoms with Gasteiger partial charge in [-0.25, -0.2) is 9.38 Å². The van der Waals surface area contributed by atoms with E-state index in [1.165, 1.54) is 12.1 Å². The predicted molar refractivity (Wildman–Crippen MR) is 108 cm³/mol. The molecule has 0 saturated heterocycles. The molecule has 0 aliphatic heterocycles. The van der Waals surface area contributed by atoms with Crippen molar-refractivity contribution >= 4 is 29.2 Å². The van der Waals surface area contributed by atoms with E-state index in [1.54, 1.807) is 0 Å². The van der Waals surface area contributed by atoms with Crippen LogP contribution in [-0.4, -0.2) is 17.9 Å². The lowest BCUT2D eigenvalue weighted by Gasteiger charge is -2.20. The molecule has 1 fully saturated rings. The average molecular weight is 442 g/mol. The summed E-state index contributed by atoms with van der Waals surface area (Å²) in [5, 5.41) is 5.61. The number of halogens is 5. The summed E-state index contributed by atoms with van der Waals surface area (Å²) in [6.07, 6.45) is 0.365. The molecule has 4 nitrogen and oxygen atoms in total. The van der Waals surface area contributed by atoms with Crippen LogP contribution in [-0.2, 0) is 6.18 Å². The van der Waals surface area contributed by atoms with E-state index < -0.39 is 23.5 Å². The van der Waals surface area contributed by atoms with Gasteiger partial charge in [0.1, 0.15) is 5.82 Å². The molecule has 3 rings (SSSR count). The van der Waals surface area contributed by atoms with Gasteiger partial charge in [0.05, 0.1) is 11.6 Å². The summed E-state index contributed by atoms with van der Waals surface area (Å²) in [4.78, 5) is 17.1. The van der Waals surface area contributed by atoms with Gasteiger partial charge in [0, 0.05) is 16.3 Å². The van der Waals surface area contributed by atoms with E-state index in [0.29, 0.717) is 5.69 Å². The topological polar surface area (TPSA) is 53.5 Å². The number of aliphatic imine (C=N–C) groups is 1. The first-order valence-electron chi connectivity index (χ1n) is 9.50. The van der Waals surface area contributed by atoms with Crippen LogP contribution in [0.15, 0.2) is 47.5 Å². The maximum atomic E-state index is 13.7. The molecule has 9 heteroatoms. The van der Waals surface area contributed by atoms with Gasteiger partial charge in [0.15, 0.2) is 0 Å². The Labute approximate surface area is 176 Å². The van der Waals surface area contributed by atoms with Crippen LogP contribution in [0.4, 0.5) is 23.2 Å². The molecule has 2 aromatic rings. The number of alkyl halides is 3. The molecule has 1 saturated carbocycles. The second-order valence-corrected chi connectivity index (χ2v) is 7.52. The third-order valence-corrected chi connectivity index (χ3v) is 4.94. The fourth-order valence-electron chi connectivity index (χ4n) is 3.24. The van der Waals surface area contributed by atoms with Crippen molar-refractivity contribution in [2.24, 2.45) is 4.99 Å². The van der Waals surface area contributed by atoms with Crippen LogP contribution in [0.1, 0.15) is 48.0 Å². The molecule has 30 heavy (non-hydrogen) atoms. The first-order chi connectivity index (χ1) is 14.2. The molecule has 1 aliphatic carbocycles. The number of hydrogen-bond donors (Lipinski definition) is 2. The lowest BCUT2D eigenvalue weighted by Crippen LogP contribution is -2.37. The quantitative estimate of drug-likeness (QED) is 0.347. The van der Waals surface area contributed by atoms with Crippen molar-refractivity contribution in [2.75, 3.05) is 5.32 Å². The second kappa shape index (κ2) is 9.47. The van der Waals surface area contributed by atoms with E-state index in [1.807, 2.05) is 0 Å². The van der Waals surface area contributed by atoms with E-state index in [2.05, 4.69) is 15.6 Å². The molecular weight excluding hydrogens is 422 g/mol. The van der Waals surface area contributed by atoms with Crippen molar-refractivity contribution < 1.29 is 22.4 Å². The fourth-order valence-corrected chi connectivity index (χ4v) is 3.46. The third kappa shape index (κ3) is 6.19. The van der Waals surface area contributed by atoms with Gasteiger partial charge in [-0.1, -0.05) is 30.9 Å². The Kier molecular flexibility index (Phi) is 6.97. The maximum absolute atomic E-state index is 13.7. The van der Waals surface area contributed by atoms with Gasteiger partial charge in [0.2, 0.25) is 5.96 Å². The van der Waals surface area contributed by atoms with Gasteiger partial charge >= 0.3 is 6.18 Å². The number of rotatable bonds is 3. The number of nitrogens with zero attached hydrogens (tertiary/aromatic N) is 1. The van der Waals surface area contributed by atoms with Crippen molar-refractivity contribution in [3.05, 3.63) is 64.4 Å². The maximum Gasteiger partial charge on any atom is 0.416 e. The Morgan fingerprint density at radius 1 is 1.03 bits per heavy atom. The standard InChI is InChI=1S/C21H20ClF4N3O/c22-15-10-16(23)12-18(11-15)28-20(27-17-4-2-1-3-5-17)29-19(30)13-6-8-14(9-7-13)21(24,25)26/h6-12,17H,1-5H2,(H2,27,28,29,30). The zero-order valence-electron chi connectivity index (χ0n) is 15.9. The van der Waals surface area contributed by atoms with Crippen LogP contribution in [0, 0.1) is 5.82 Å². The zero-order chi connectivity index (χ0) is 21.7. The summed E-state index contributed by atoms with van der Waals surface area (Å²) in [7, 11) is 0. The van der Waals surface area contributed by atoms with E-state index >= 15 is 0 Å². The normalized spacial score (nSPS) is 15.7. The van der Waals surface area contributed by atoms with Crippen LogP contribution >= 0.6 is 11.6 Å². The largest absolute Gasteiger partial charge is 0.416 e. The highest BCUT2D eigenvalue weighted by Crippen LogP contribution is 2.29. The average Bonchev–Trinajstić information content (AvgIpc) is 2.67. The molecule has 0 unspecified atom stereocenters. The van der Waals surface area contributed by atoms with E-state index in [9.17, 15) is 22.4 Å². The van der Waals surface area contributed by atoms with E-state index in [0.717, 1.165) is 62.4 Å². The molecule has 0 radical (unpaired) electrons. The lowest BCUT2D eigenvalue weighted by atomic mass is 9.96. The van der Waals surface area contributed by atoms with Gasteiger partial charge in [-0.15, -0.1) is 0 Å². The number of hydrogen-bond acceptors (Lipinski definition) is 2. The number of amides is 1. The molecule has 0 aromatic heterocycles. The summed E-state index contributed by atoms with van der Waals surface area (Å²) >= 11 is 5.88. The lowest BCUT2D eigenvalue weighted by molar-refractivity contribution is -0.137. The highest BCUT2D eigenvalue weighted by molar-refractivity contribution is 6.31. The Morgan fingerprint density at radius 2 is 1.70 bits per heavy atom. The van der Waals surface area contributed by atoms with Crippen LogP contribution < -0.4 is 10.6 Å². The van der Waals surface area contributed by atoms with Gasteiger partial charge < -0.3 is 5.32 Å². The monoisotopic (exact) mass is 441 g/mol. The molecule has 0 atom stereocenters. The van der Waals surface area contributed by atoms with Crippen LogP contribution in [0.25, 0.3) is 0 Å². The van der Waals surface area contributed by atoms with Crippen LogP contribution in [0.3, 0.4) is 0 Å². The molecular formula is C21H20ClF4N3O. The fraction of sp³-hybridized carbons (Fsp3) is 0.333. The van der Waals surface area contributed by atoms with Gasteiger partial charge in [-0.05, 0) is 55.3 Å². The van der Waals surface area contributed by atoms with E-state index in [-0.39, 0.29) is 22.6 Å². The molecule has 0 heterocycles. The van der Waals surface area contributed by atoms with E-state index in [4.69, 9.17) is 11.6 Å². The number of guanidine groups is 1. The summed E-state index contributed by atoms with van der Waals surface area (Å²) in [6.45, 7) is 0. The minimum Gasteiger partial charge on any atom is -0.326 e. The summed E-state index contributed by atoms with van der Waals surface area (Å²) in [6, 6.07) is 7.67. The summed E-state index contributed by atoms with van der Waals surface area (Å²) in [5.41, 5.74) is -0.511. The Hall–Kier alpha value is -2.61. The predicted octanol–water partition coefficient (Wildman–Crippen LogP) is 6.03. The van der Waals surface area contributed by atoms with Gasteiger partial charge in [-0.3, -0.25) is 10.1 Å². The number of benzene rings is 2. The molecule has 0 spiro atoms. The first kappa shape index (κ1) is 22.1. The Bertz CT molecular complexity index is 903. The van der Waals surface area contributed by atoms with Crippen molar-refractivity contribution in [1.29, 1.82) is 0 Å². The smallest absolute Gasteiger partial charge is 0.326 e. The zero-order valence-corrected chi connectivity index (χ0v) is 16.7. The number of carbonyl (C=O) groups excluding carboxylic acids is 1. The molecule has 1 amide bonds. The number of nitrogens with one attached hydrogen (secondary N) is 2. The summed E-state index contributed by atoms with van der Waals surface area (Å²) in [5.74, 6) is -1.10. The van der Waals surface area contributed by atoms with Crippen LogP contribution in [0.5, 0.6) is 0 Å². The van der Waals surface area contributed by atoms with Crippen molar-refractivity contribution in [1.82, 2.24) is 5.32 Å².